The number of benzene rings is 2. The molecule has 0 bridgehead atoms. The zero-order valence-electron chi connectivity index (χ0n) is 22.2. The second kappa shape index (κ2) is 13.3. The maximum atomic E-state index is 11.4. The van der Waals surface area contributed by atoms with E-state index in [4.69, 9.17) is 33.2 Å². The van der Waals surface area contributed by atoms with Gasteiger partial charge >= 0.3 is 0 Å². The van der Waals surface area contributed by atoms with Gasteiger partial charge in [0.25, 0.3) is 0 Å². The van der Waals surface area contributed by atoms with Crippen LogP contribution in [-0.4, -0.2) is 74.1 Å². The molecule has 7 atom stereocenters. The van der Waals surface area contributed by atoms with Gasteiger partial charge in [-0.3, -0.25) is 0 Å². The third kappa shape index (κ3) is 7.59. The van der Waals surface area contributed by atoms with E-state index in [0.717, 1.165) is 11.1 Å². The van der Waals surface area contributed by atoms with Crippen molar-refractivity contribution in [2.24, 2.45) is 0 Å². The van der Waals surface area contributed by atoms with Crippen molar-refractivity contribution in [3.05, 3.63) is 71.8 Å². The lowest BCUT2D eigenvalue weighted by Gasteiger charge is -2.43. The largest absolute Gasteiger partial charge is 0.388 e. The first-order chi connectivity index (χ1) is 17.9. The number of rotatable bonds is 12. The topological polar surface area (TPSA) is 84.8 Å². The fourth-order valence-corrected chi connectivity index (χ4v) is 4.85. The van der Waals surface area contributed by atoms with Gasteiger partial charge in [0.15, 0.2) is 12.1 Å². The van der Waals surface area contributed by atoms with Crippen LogP contribution in [0.25, 0.3) is 0 Å². The summed E-state index contributed by atoms with van der Waals surface area (Å²) in [7, 11) is 1.56. The summed E-state index contributed by atoms with van der Waals surface area (Å²) in [4.78, 5) is 0. The van der Waals surface area contributed by atoms with Crippen LogP contribution in [0.3, 0.4) is 0 Å². The van der Waals surface area contributed by atoms with Crippen molar-refractivity contribution >= 4 is 0 Å². The Balaban J connectivity index is 1.51. The molecule has 0 radical (unpaired) electrons. The molecule has 2 fully saturated rings. The summed E-state index contributed by atoms with van der Waals surface area (Å²) in [6.45, 7) is 7.13. The maximum absolute atomic E-state index is 11.4. The van der Waals surface area contributed by atoms with Crippen LogP contribution < -0.4 is 0 Å². The molecule has 2 aliphatic heterocycles. The standard InChI is InChI=1S/C29H40O8/c1-5-32-28-27(34-18-21-14-10-7-11-15-21)23(33-17-20-12-8-6-9-13-20)16-22(36-28)25(30)26(31-4)24-19-35-29(2,3)37-24/h6-15,22-28,30H,5,16-19H2,1-4H3/t22-,23+,24+,25-,26-,27+,28+/m1/s1. The lowest BCUT2D eigenvalue weighted by Crippen LogP contribution is -2.58. The molecule has 2 aliphatic rings. The summed E-state index contributed by atoms with van der Waals surface area (Å²) in [5.74, 6) is -0.736. The van der Waals surface area contributed by atoms with Crippen LogP contribution in [0.5, 0.6) is 0 Å². The summed E-state index contributed by atoms with van der Waals surface area (Å²) < 4.78 is 42.4. The lowest BCUT2D eigenvalue weighted by molar-refractivity contribution is -0.305. The summed E-state index contributed by atoms with van der Waals surface area (Å²) in [5, 5.41) is 11.4. The van der Waals surface area contributed by atoms with Crippen LogP contribution >= 0.6 is 0 Å². The van der Waals surface area contributed by atoms with E-state index in [9.17, 15) is 5.11 Å². The minimum atomic E-state index is -0.992. The van der Waals surface area contributed by atoms with Crippen molar-refractivity contribution in [3.8, 4) is 0 Å². The quantitative estimate of drug-likeness (QED) is 0.456. The van der Waals surface area contributed by atoms with Crippen LogP contribution in [0.4, 0.5) is 0 Å². The Morgan fingerprint density at radius 3 is 2.08 bits per heavy atom. The van der Waals surface area contributed by atoms with Gasteiger partial charge < -0.3 is 38.3 Å². The number of methoxy groups -OCH3 is 1. The van der Waals surface area contributed by atoms with E-state index in [1.54, 1.807) is 7.11 Å². The van der Waals surface area contributed by atoms with Crippen LogP contribution in [-0.2, 0) is 46.4 Å². The Kier molecular flexibility index (Phi) is 10.1. The third-order valence-corrected chi connectivity index (χ3v) is 6.72. The predicted octanol–water partition coefficient (Wildman–Crippen LogP) is 3.84. The van der Waals surface area contributed by atoms with Gasteiger partial charge in [-0.15, -0.1) is 0 Å². The van der Waals surface area contributed by atoms with E-state index in [1.165, 1.54) is 0 Å². The molecule has 0 spiro atoms. The maximum Gasteiger partial charge on any atom is 0.186 e. The number of hydrogen-bond acceptors (Lipinski definition) is 8. The second-order valence-corrected chi connectivity index (χ2v) is 9.89. The van der Waals surface area contributed by atoms with Crippen molar-refractivity contribution in [3.63, 3.8) is 0 Å². The SMILES string of the molecule is CCO[C@H]1O[C@@H]([C@@H](O)[C@H](OC)[C@@H]2COC(C)(C)O2)C[C@H](OCc2ccccc2)[C@@H]1OCc1ccccc1. The summed E-state index contributed by atoms with van der Waals surface area (Å²) in [6.07, 6.45) is -3.89. The Morgan fingerprint density at radius 1 is 0.919 bits per heavy atom. The first kappa shape index (κ1) is 28.1. The summed E-state index contributed by atoms with van der Waals surface area (Å²) in [5.41, 5.74) is 2.09. The van der Waals surface area contributed by atoms with E-state index in [1.807, 2.05) is 81.4 Å². The number of aliphatic hydroxyl groups excluding tert-OH is 1. The Labute approximate surface area is 219 Å². The van der Waals surface area contributed by atoms with Gasteiger partial charge in [0, 0.05) is 20.1 Å². The molecule has 2 aromatic carbocycles. The third-order valence-electron chi connectivity index (χ3n) is 6.72. The zero-order chi connectivity index (χ0) is 26.3. The molecule has 204 valence electrons. The number of ether oxygens (including phenoxy) is 7. The highest BCUT2D eigenvalue weighted by Gasteiger charge is 2.48. The summed E-state index contributed by atoms with van der Waals surface area (Å²) in [6, 6.07) is 19.9. The van der Waals surface area contributed by atoms with Gasteiger partial charge in [-0.05, 0) is 31.9 Å². The fraction of sp³-hybridized carbons (Fsp3) is 0.586. The molecule has 4 rings (SSSR count). The lowest BCUT2D eigenvalue weighted by atomic mass is 9.93. The number of hydrogen-bond donors (Lipinski definition) is 1. The van der Waals surface area contributed by atoms with Crippen LogP contribution in [0.1, 0.15) is 38.3 Å². The first-order valence-corrected chi connectivity index (χ1v) is 13.0. The van der Waals surface area contributed by atoms with Crippen molar-refractivity contribution < 1.29 is 38.3 Å². The van der Waals surface area contributed by atoms with Gasteiger partial charge in [0.1, 0.15) is 24.4 Å². The smallest absolute Gasteiger partial charge is 0.186 e. The predicted molar refractivity (Wildman–Crippen MR) is 137 cm³/mol. The van der Waals surface area contributed by atoms with Crippen molar-refractivity contribution in [2.75, 3.05) is 20.3 Å². The van der Waals surface area contributed by atoms with Gasteiger partial charge in [0.05, 0.1) is 32.0 Å². The first-order valence-electron chi connectivity index (χ1n) is 13.0. The van der Waals surface area contributed by atoms with E-state index < -0.39 is 42.6 Å². The van der Waals surface area contributed by atoms with E-state index in [2.05, 4.69) is 0 Å². The van der Waals surface area contributed by atoms with Gasteiger partial charge in [0.2, 0.25) is 0 Å². The molecule has 0 amide bonds. The molecule has 2 heterocycles. The minimum absolute atomic E-state index is 0.320. The molecule has 1 N–H and O–H groups in total. The molecule has 0 aromatic heterocycles. The Morgan fingerprint density at radius 2 is 1.54 bits per heavy atom. The number of aliphatic hydroxyl groups is 1. The molecule has 0 saturated carbocycles. The van der Waals surface area contributed by atoms with E-state index in [-0.39, 0.29) is 6.10 Å². The average molecular weight is 517 g/mol. The molecule has 2 saturated heterocycles. The summed E-state index contributed by atoms with van der Waals surface area (Å²) >= 11 is 0. The average Bonchev–Trinajstić information content (AvgIpc) is 3.27. The van der Waals surface area contributed by atoms with E-state index in [0.29, 0.717) is 32.8 Å². The van der Waals surface area contributed by atoms with Crippen LogP contribution in [0, 0.1) is 0 Å². The molecular formula is C29H40O8. The van der Waals surface area contributed by atoms with Crippen LogP contribution in [0.2, 0.25) is 0 Å². The molecule has 0 aliphatic carbocycles. The fourth-order valence-electron chi connectivity index (χ4n) is 4.85. The highest BCUT2D eigenvalue weighted by Crippen LogP contribution is 2.33. The molecule has 8 nitrogen and oxygen atoms in total. The monoisotopic (exact) mass is 516 g/mol. The van der Waals surface area contributed by atoms with Gasteiger partial charge in [-0.25, -0.2) is 0 Å². The highest BCUT2D eigenvalue weighted by molar-refractivity contribution is 5.14. The second-order valence-electron chi connectivity index (χ2n) is 9.89. The minimum Gasteiger partial charge on any atom is -0.388 e. The molecular weight excluding hydrogens is 476 g/mol. The van der Waals surface area contributed by atoms with Gasteiger partial charge in [-0.2, -0.15) is 0 Å². The van der Waals surface area contributed by atoms with Crippen molar-refractivity contribution in [1.29, 1.82) is 0 Å². The molecule has 8 heteroatoms. The van der Waals surface area contributed by atoms with Crippen LogP contribution in [0.15, 0.2) is 60.7 Å². The Hall–Kier alpha value is -1.88. The Bertz CT molecular complexity index is 924. The molecule has 0 unspecified atom stereocenters. The van der Waals surface area contributed by atoms with Gasteiger partial charge in [-0.1, -0.05) is 60.7 Å². The normalized spacial score (nSPS) is 29.2. The van der Waals surface area contributed by atoms with Crippen molar-refractivity contribution in [1.82, 2.24) is 0 Å². The van der Waals surface area contributed by atoms with Crippen molar-refractivity contribution in [2.45, 2.75) is 89.1 Å². The zero-order valence-corrected chi connectivity index (χ0v) is 22.2. The highest BCUT2D eigenvalue weighted by atomic mass is 16.8. The molecule has 2 aromatic rings. The van der Waals surface area contributed by atoms with E-state index >= 15 is 0 Å². The molecule has 37 heavy (non-hydrogen) atoms.